The van der Waals surface area contributed by atoms with E-state index in [2.05, 4.69) is 24.1 Å². The first-order chi connectivity index (χ1) is 9.79. The fourth-order valence-electron chi connectivity index (χ4n) is 5.40. The van der Waals surface area contributed by atoms with Crippen molar-refractivity contribution in [2.24, 2.45) is 5.92 Å². The van der Waals surface area contributed by atoms with Crippen molar-refractivity contribution in [3.8, 4) is 0 Å². The SMILES string of the molecule is CCNC1CC2CCCC(C1)N2C(C)C1CCCCC1. The molecule has 2 nitrogen and oxygen atoms in total. The molecule has 1 saturated carbocycles. The van der Waals surface area contributed by atoms with E-state index < -0.39 is 0 Å². The van der Waals surface area contributed by atoms with Crippen molar-refractivity contribution in [1.82, 2.24) is 10.2 Å². The topological polar surface area (TPSA) is 15.3 Å². The molecule has 0 radical (unpaired) electrons. The Labute approximate surface area is 125 Å². The Morgan fingerprint density at radius 3 is 2.20 bits per heavy atom. The van der Waals surface area contributed by atoms with E-state index in [1.165, 1.54) is 64.2 Å². The summed E-state index contributed by atoms with van der Waals surface area (Å²) in [5.41, 5.74) is 0. The van der Waals surface area contributed by atoms with E-state index in [1.54, 1.807) is 0 Å². The van der Waals surface area contributed by atoms with Crippen LogP contribution in [0.1, 0.15) is 78.1 Å². The van der Waals surface area contributed by atoms with Gasteiger partial charge >= 0.3 is 0 Å². The quantitative estimate of drug-likeness (QED) is 0.837. The summed E-state index contributed by atoms with van der Waals surface area (Å²) < 4.78 is 0. The second-order valence-corrected chi connectivity index (χ2v) is 7.55. The minimum atomic E-state index is 0.796. The van der Waals surface area contributed by atoms with Crippen LogP contribution in [0.5, 0.6) is 0 Å². The zero-order chi connectivity index (χ0) is 13.9. The highest BCUT2D eigenvalue weighted by Crippen LogP contribution is 2.39. The van der Waals surface area contributed by atoms with Crippen LogP contribution in [0.3, 0.4) is 0 Å². The second kappa shape index (κ2) is 6.79. The van der Waals surface area contributed by atoms with Crippen LogP contribution in [0, 0.1) is 5.92 Å². The summed E-state index contributed by atoms with van der Waals surface area (Å²) in [6.45, 7) is 5.95. The Balaban J connectivity index is 1.66. The molecule has 3 fully saturated rings. The molecule has 0 amide bonds. The lowest BCUT2D eigenvalue weighted by Crippen LogP contribution is -2.60. The maximum Gasteiger partial charge on any atom is 0.0116 e. The Morgan fingerprint density at radius 2 is 1.60 bits per heavy atom. The molecule has 3 unspecified atom stereocenters. The van der Waals surface area contributed by atoms with Crippen LogP contribution in [0.15, 0.2) is 0 Å². The molecule has 0 aromatic rings. The molecule has 3 aliphatic rings. The average Bonchev–Trinajstić information content (AvgIpc) is 2.47. The van der Waals surface area contributed by atoms with Crippen molar-refractivity contribution < 1.29 is 0 Å². The number of piperidine rings is 2. The molecule has 0 aromatic carbocycles. The van der Waals surface area contributed by atoms with Gasteiger partial charge in [-0.25, -0.2) is 0 Å². The van der Waals surface area contributed by atoms with Gasteiger partial charge < -0.3 is 5.32 Å². The first-order valence-electron chi connectivity index (χ1n) is 9.30. The van der Waals surface area contributed by atoms with E-state index in [1.807, 2.05) is 0 Å². The van der Waals surface area contributed by atoms with Crippen LogP contribution in [0.2, 0.25) is 0 Å². The number of rotatable bonds is 4. The molecule has 2 heterocycles. The predicted molar refractivity (Wildman–Crippen MR) is 86.0 cm³/mol. The maximum atomic E-state index is 3.73. The Morgan fingerprint density at radius 1 is 0.950 bits per heavy atom. The molecule has 2 heteroatoms. The molecule has 1 aliphatic carbocycles. The van der Waals surface area contributed by atoms with Gasteiger partial charge in [-0.1, -0.05) is 32.6 Å². The fourth-order valence-corrected chi connectivity index (χ4v) is 5.40. The highest BCUT2D eigenvalue weighted by atomic mass is 15.2. The third-order valence-corrected chi connectivity index (χ3v) is 6.33. The highest BCUT2D eigenvalue weighted by molar-refractivity contribution is 4.98. The molecule has 116 valence electrons. The predicted octanol–water partition coefficient (Wildman–Crippen LogP) is 3.95. The molecular weight excluding hydrogens is 244 g/mol. The van der Waals surface area contributed by atoms with Crippen LogP contribution < -0.4 is 5.32 Å². The van der Waals surface area contributed by atoms with E-state index in [-0.39, 0.29) is 0 Å². The van der Waals surface area contributed by atoms with Gasteiger partial charge in [0.15, 0.2) is 0 Å². The molecular formula is C18H34N2. The van der Waals surface area contributed by atoms with E-state index in [9.17, 15) is 0 Å². The average molecular weight is 278 g/mol. The first-order valence-corrected chi connectivity index (χ1v) is 9.30. The Hall–Kier alpha value is -0.0800. The molecule has 2 saturated heterocycles. The maximum absolute atomic E-state index is 3.73. The normalized spacial score (nSPS) is 37.8. The minimum absolute atomic E-state index is 0.796. The van der Waals surface area contributed by atoms with Gasteiger partial charge in [0.1, 0.15) is 0 Å². The zero-order valence-corrected chi connectivity index (χ0v) is 13.6. The minimum Gasteiger partial charge on any atom is -0.314 e. The Kier molecular flexibility index (Phi) is 5.04. The van der Waals surface area contributed by atoms with E-state index in [0.29, 0.717) is 0 Å². The molecule has 0 aromatic heterocycles. The van der Waals surface area contributed by atoms with Gasteiger partial charge in [0.2, 0.25) is 0 Å². The lowest BCUT2D eigenvalue weighted by molar-refractivity contribution is -0.0289. The van der Waals surface area contributed by atoms with Crippen LogP contribution in [-0.4, -0.2) is 35.6 Å². The second-order valence-electron chi connectivity index (χ2n) is 7.55. The molecule has 3 atom stereocenters. The van der Waals surface area contributed by atoms with E-state index in [0.717, 1.165) is 36.6 Å². The summed E-state index contributed by atoms with van der Waals surface area (Å²) in [6.07, 6.45) is 14.6. The number of nitrogens with zero attached hydrogens (tertiary/aromatic N) is 1. The van der Waals surface area contributed by atoms with Crippen molar-refractivity contribution in [3.05, 3.63) is 0 Å². The van der Waals surface area contributed by atoms with Gasteiger partial charge in [-0.05, 0) is 57.9 Å². The molecule has 1 N–H and O–H groups in total. The smallest absolute Gasteiger partial charge is 0.0116 e. The summed E-state index contributed by atoms with van der Waals surface area (Å²) in [4.78, 5) is 2.98. The summed E-state index contributed by atoms with van der Waals surface area (Å²) in [7, 11) is 0. The summed E-state index contributed by atoms with van der Waals surface area (Å²) >= 11 is 0. The van der Waals surface area contributed by atoms with Crippen LogP contribution >= 0.6 is 0 Å². The van der Waals surface area contributed by atoms with Crippen molar-refractivity contribution in [3.63, 3.8) is 0 Å². The molecule has 20 heavy (non-hydrogen) atoms. The largest absolute Gasteiger partial charge is 0.314 e. The van der Waals surface area contributed by atoms with E-state index >= 15 is 0 Å². The number of fused-ring (bicyclic) bond motifs is 2. The van der Waals surface area contributed by atoms with Gasteiger partial charge in [0.25, 0.3) is 0 Å². The molecule has 2 aliphatic heterocycles. The van der Waals surface area contributed by atoms with Gasteiger partial charge in [-0.15, -0.1) is 0 Å². The summed E-state index contributed by atoms with van der Waals surface area (Å²) in [6, 6.07) is 3.39. The van der Waals surface area contributed by atoms with Crippen molar-refractivity contribution in [1.29, 1.82) is 0 Å². The van der Waals surface area contributed by atoms with Crippen LogP contribution in [-0.2, 0) is 0 Å². The molecule has 3 rings (SSSR count). The monoisotopic (exact) mass is 278 g/mol. The lowest BCUT2D eigenvalue weighted by atomic mass is 9.77. The van der Waals surface area contributed by atoms with Gasteiger partial charge in [-0.3, -0.25) is 4.90 Å². The first kappa shape index (κ1) is 14.8. The highest BCUT2D eigenvalue weighted by Gasteiger charge is 2.41. The number of hydrogen-bond acceptors (Lipinski definition) is 2. The van der Waals surface area contributed by atoms with E-state index in [4.69, 9.17) is 0 Å². The number of nitrogens with one attached hydrogen (secondary N) is 1. The van der Waals surface area contributed by atoms with Gasteiger partial charge in [-0.2, -0.15) is 0 Å². The Bertz CT molecular complexity index is 284. The van der Waals surface area contributed by atoms with Crippen molar-refractivity contribution in [2.45, 2.75) is 102 Å². The van der Waals surface area contributed by atoms with Crippen LogP contribution in [0.25, 0.3) is 0 Å². The van der Waals surface area contributed by atoms with Gasteiger partial charge in [0, 0.05) is 24.2 Å². The third kappa shape index (κ3) is 3.06. The lowest BCUT2D eigenvalue weighted by Gasteiger charge is -2.53. The van der Waals surface area contributed by atoms with Crippen LogP contribution in [0.4, 0.5) is 0 Å². The zero-order valence-electron chi connectivity index (χ0n) is 13.6. The fraction of sp³-hybridized carbons (Fsp3) is 1.00. The third-order valence-electron chi connectivity index (χ3n) is 6.33. The number of hydrogen-bond donors (Lipinski definition) is 1. The summed E-state index contributed by atoms with van der Waals surface area (Å²) in [5, 5.41) is 3.73. The molecule has 0 spiro atoms. The van der Waals surface area contributed by atoms with Crippen molar-refractivity contribution >= 4 is 0 Å². The molecule has 2 bridgehead atoms. The summed E-state index contributed by atoms with van der Waals surface area (Å²) in [5.74, 6) is 0.988. The standard InChI is InChI=1S/C18H34N2/c1-3-19-16-12-17-10-7-11-18(13-16)20(17)14(2)15-8-5-4-6-9-15/h14-19H,3-13H2,1-2H3. The van der Waals surface area contributed by atoms with Crippen molar-refractivity contribution in [2.75, 3.05) is 6.54 Å². The van der Waals surface area contributed by atoms with Gasteiger partial charge in [0.05, 0.1) is 0 Å².